The highest BCUT2D eigenvalue weighted by atomic mass is 32.2. The zero-order chi connectivity index (χ0) is 54.7. The van der Waals surface area contributed by atoms with E-state index >= 15 is 0 Å². The molecule has 3 fully saturated rings. The first kappa shape index (κ1) is 61.1. The lowest BCUT2D eigenvalue weighted by atomic mass is 9.68. The number of aromatic nitrogens is 3. The molecule has 19 atom stereocenters. The van der Waals surface area contributed by atoms with E-state index in [0.717, 1.165) is 9.87 Å². The van der Waals surface area contributed by atoms with Crippen LogP contribution >= 0.6 is 0 Å². The van der Waals surface area contributed by atoms with Gasteiger partial charge in [-0.2, -0.15) is 0 Å². The third kappa shape index (κ3) is 13.9. The van der Waals surface area contributed by atoms with Crippen molar-refractivity contribution in [2.45, 2.75) is 203 Å². The summed E-state index contributed by atoms with van der Waals surface area (Å²) in [5.41, 5.74) is -3.20. The Bertz CT molecular complexity index is 2190. The van der Waals surface area contributed by atoms with E-state index in [1.165, 1.54) is 44.9 Å². The number of aliphatic hydroxyl groups is 5. The van der Waals surface area contributed by atoms with E-state index < -0.39 is 130 Å². The zero-order valence-electron chi connectivity index (χ0n) is 46.0. The third-order valence-corrected chi connectivity index (χ3v) is 18.3. The lowest BCUT2D eigenvalue weighted by Gasteiger charge is -2.51. The highest BCUT2D eigenvalue weighted by Gasteiger charge is 2.55. The molecule has 418 valence electrons. The fourth-order valence-corrected chi connectivity index (χ4v) is 12.7. The summed E-state index contributed by atoms with van der Waals surface area (Å²) in [7, 11) is 4.53. The van der Waals surface area contributed by atoms with Gasteiger partial charge in [0.2, 0.25) is 10.0 Å². The van der Waals surface area contributed by atoms with Crippen LogP contribution in [0.25, 0.3) is 0 Å². The van der Waals surface area contributed by atoms with Crippen LogP contribution in [0, 0.1) is 23.7 Å². The molecule has 5 N–H and O–H groups in total. The van der Waals surface area contributed by atoms with Crippen LogP contribution in [0.4, 0.5) is 4.39 Å². The molecule has 73 heavy (non-hydrogen) atoms. The summed E-state index contributed by atoms with van der Waals surface area (Å²) in [5.74, 6) is -3.30. The minimum atomic E-state index is -3.61. The summed E-state index contributed by atoms with van der Waals surface area (Å²) in [5, 5.41) is 68.7. The van der Waals surface area contributed by atoms with Crippen molar-refractivity contribution in [2.75, 3.05) is 55.1 Å². The molecule has 3 aliphatic heterocycles. The average Bonchev–Trinajstić information content (AvgIpc) is 3.81. The maximum atomic E-state index is 14.6. The molecule has 21 heteroatoms. The quantitative estimate of drug-likeness (QED) is 0.161. The largest absolute Gasteiger partial charge is 0.459 e. The molecule has 0 saturated carbocycles. The third-order valence-electron chi connectivity index (χ3n) is 16.5. The number of hydrogen-bond acceptors (Lipinski definition) is 17. The Morgan fingerprint density at radius 2 is 1.62 bits per heavy atom. The fraction of sp³-hybridized carbons (Fsp3) is 0.827. The number of aliphatic hydroxyl groups excluding tert-OH is 3. The minimum Gasteiger partial charge on any atom is -0.459 e. The molecule has 0 spiro atoms. The van der Waals surface area contributed by atoms with E-state index in [1.807, 2.05) is 44.7 Å². The van der Waals surface area contributed by atoms with Crippen molar-refractivity contribution in [1.82, 2.24) is 29.1 Å². The van der Waals surface area contributed by atoms with Gasteiger partial charge in [0.1, 0.15) is 36.7 Å². The second kappa shape index (κ2) is 24.7. The molecule has 1 aromatic carbocycles. The monoisotopic (exact) mass is 1060 g/mol. The average molecular weight is 1060 g/mol. The van der Waals surface area contributed by atoms with Gasteiger partial charge in [-0.1, -0.05) is 45.0 Å². The van der Waals surface area contributed by atoms with Crippen LogP contribution in [0.1, 0.15) is 112 Å². The zero-order valence-corrected chi connectivity index (χ0v) is 46.8. The molecule has 0 amide bonds. The van der Waals surface area contributed by atoms with Gasteiger partial charge in [0.25, 0.3) is 0 Å². The van der Waals surface area contributed by atoms with Crippen LogP contribution in [-0.2, 0) is 51.3 Å². The number of rotatable bonds is 15. The smallest absolute Gasteiger partial charge is 0.309 e. The number of likely N-dealkylation sites (N-methyl/N-ethyl adjacent to an activating group) is 2. The van der Waals surface area contributed by atoms with Crippen LogP contribution in [0.3, 0.4) is 0 Å². The molecule has 1 unspecified atom stereocenters. The summed E-state index contributed by atoms with van der Waals surface area (Å²) < 4.78 is 74.3. The topological polar surface area (TPSA) is 239 Å². The van der Waals surface area contributed by atoms with Gasteiger partial charge in [0.15, 0.2) is 6.29 Å². The Labute approximate surface area is 433 Å². The molecule has 19 nitrogen and oxygen atoms in total. The second-order valence-corrected chi connectivity index (χ2v) is 24.8. The molecule has 2 aromatic rings. The van der Waals surface area contributed by atoms with Crippen molar-refractivity contribution >= 4 is 16.0 Å². The van der Waals surface area contributed by atoms with Gasteiger partial charge in [-0.3, -0.25) is 4.79 Å². The Morgan fingerprint density at radius 3 is 2.21 bits per heavy atom. The summed E-state index contributed by atoms with van der Waals surface area (Å²) in [6, 6.07) is 4.60. The molecular formula is C52H89FN6O13S. The number of ether oxygens (including phenoxy) is 5. The first-order chi connectivity index (χ1) is 33.9. The van der Waals surface area contributed by atoms with Crippen LogP contribution < -0.4 is 0 Å². The Kier molecular flexibility index (Phi) is 20.7. The van der Waals surface area contributed by atoms with E-state index in [4.69, 9.17) is 23.7 Å². The number of carbonyl (C=O) groups excluding carboxylic acids is 1. The number of nitrogens with zero attached hydrogens (tertiary/aromatic N) is 6. The van der Waals surface area contributed by atoms with E-state index in [2.05, 4.69) is 10.3 Å². The number of methoxy groups -OCH3 is 1. The Morgan fingerprint density at radius 1 is 0.973 bits per heavy atom. The van der Waals surface area contributed by atoms with E-state index in [0.29, 0.717) is 31.6 Å². The number of halogens is 1. The minimum absolute atomic E-state index is 0.141. The van der Waals surface area contributed by atoms with E-state index in [1.54, 1.807) is 59.9 Å². The van der Waals surface area contributed by atoms with Crippen molar-refractivity contribution in [3.63, 3.8) is 0 Å². The van der Waals surface area contributed by atoms with Crippen LogP contribution in [0.5, 0.6) is 0 Å². The molecule has 1 aromatic heterocycles. The van der Waals surface area contributed by atoms with Gasteiger partial charge in [-0.05, 0) is 111 Å². The van der Waals surface area contributed by atoms with Crippen molar-refractivity contribution in [2.24, 2.45) is 23.7 Å². The summed E-state index contributed by atoms with van der Waals surface area (Å²) in [6.07, 6.45) is -5.48. The number of sulfonamides is 1. The normalized spacial score (nSPS) is 39.5. The lowest BCUT2D eigenvalue weighted by Crippen LogP contribution is -2.62. The molecule has 0 bridgehead atoms. The fourth-order valence-electron chi connectivity index (χ4n) is 11.8. The molecular weight excluding hydrogens is 968 g/mol. The lowest BCUT2D eigenvalue weighted by molar-refractivity contribution is -0.302. The van der Waals surface area contributed by atoms with Crippen molar-refractivity contribution in [3.05, 3.63) is 41.7 Å². The van der Waals surface area contributed by atoms with E-state index in [9.17, 15) is 43.1 Å². The van der Waals surface area contributed by atoms with Gasteiger partial charge in [0.05, 0.1) is 58.2 Å². The summed E-state index contributed by atoms with van der Waals surface area (Å²) >= 11 is 0. The number of benzene rings is 1. The maximum absolute atomic E-state index is 14.6. The second-order valence-electron chi connectivity index (χ2n) is 22.7. The number of esters is 1. The first-order valence-electron chi connectivity index (χ1n) is 26.0. The number of cyclic esters (lactones) is 1. The molecule has 5 rings (SSSR count). The molecule has 3 saturated heterocycles. The number of alkyl halides is 1. The van der Waals surface area contributed by atoms with Crippen molar-refractivity contribution in [3.8, 4) is 0 Å². The molecule has 0 aliphatic carbocycles. The number of hydrogen-bond donors (Lipinski definition) is 5. The number of carbonyl (C=O) groups is 1. The molecule has 4 heterocycles. The Hall–Kier alpha value is -2.77. The van der Waals surface area contributed by atoms with Crippen LogP contribution in [0.15, 0.2) is 35.4 Å². The van der Waals surface area contributed by atoms with Gasteiger partial charge >= 0.3 is 5.97 Å². The highest BCUT2D eigenvalue weighted by Crippen LogP contribution is 2.45. The van der Waals surface area contributed by atoms with Crippen LogP contribution in [0.2, 0.25) is 0 Å². The first-order valence-corrected chi connectivity index (χ1v) is 27.5. The summed E-state index contributed by atoms with van der Waals surface area (Å²) in [6.45, 7) is 17.8. The van der Waals surface area contributed by atoms with Gasteiger partial charge in [-0.25, -0.2) is 21.8 Å². The van der Waals surface area contributed by atoms with Crippen LogP contribution in [-0.4, -0.2) is 208 Å². The predicted octanol–water partition coefficient (Wildman–Crippen LogP) is 3.38. The standard InChI is InChI=1S/C52H89FN6O13S/c1-16-42-52(10,65)45(61)34(6)58(14)28-30(2)25-50(8,64)47(32(4)43(33(5)48(63)71-42)41-26-51(9,68-15)46(62)35(7)70-41)72-49-44(60)40(23-31(3)69-49)57(13)22-21-37-29-59(55-54-37)38(27-53)24-36-17-19-39(20-18-36)73(66,67)56(11)12/h17-20,29-35,38,40-47,49,60-62,64-65H,16,21-28H2,1-15H3/t30-,31-,32+,33-,34-,35+,38+,40+,41?,42-,43+,44-,45-,46+,47-,49+,50-,51-,52-/m1/s1. The highest BCUT2D eigenvalue weighted by molar-refractivity contribution is 7.89. The maximum Gasteiger partial charge on any atom is 0.309 e. The van der Waals surface area contributed by atoms with Gasteiger partial charge in [0, 0.05) is 71.3 Å². The van der Waals surface area contributed by atoms with Crippen molar-refractivity contribution in [1.29, 1.82) is 0 Å². The molecule has 0 radical (unpaired) electrons. The summed E-state index contributed by atoms with van der Waals surface area (Å²) in [4.78, 5) is 18.7. The SMILES string of the molecule is CC[C@H]1OC(=O)[C@H](C)[C@@H](C2C[C@@](C)(OC)[C@@H](O)[C@H](C)O2)[C@H](C)[C@@H](O[C@@H]2O[C@H](C)C[C@H](N(C)CCc3cn([C@H](CF)Cc4ccc(S(=O)(=O)N(C)C)cc4)nn3)[C@H]2O)[C@](C)(O)C[C@@H](C)CN(C)[C@H](C)[C@@H](O)[C@]1(C)O. The van der Waals surface area contributed by atoms with Gasteiger partial charge < -0.3 is 59.0 Å². The molecule has 3 aliphatic rings. The predicted molar refractivity (Wildman–Crippen MR) is 271 cm³/mol. The van der Waals surface area contributed by atoms with Gasteiger partial charge in [-0.15, -0.1) is 5.10 Å². The van der Waals surface area contributed by atoms with Crippen molar-refractivity contribution < 1.29 is 66.8 Å². The van der Waals surface area contributed by atoms with E-state index in [-0.39, 0.29) is 36.5 Å². The Balaban J connectivity index is 1.43.